The standard InChI is InChI=1S/C16H17NO3/c1-10-5-3-4-6-13(10)11(2)17-16(20)12-7-8-14(18)15(19)9-12/h3-9,11,18-19H,1-2H3,(H,17,20). The molecule has 0 heterocycles. The van der Waals surface area contributed by atoms with Gasteiger partial charge in [-0.25, -0.2) is 0 Å². The van der Waals surface area contributed by atoms with Crippen molar-refractivity contribution in [3.05, 3.63) is 59.2 Å². The number of hydrogen-bond donors (Lipinski definition) is 3. The number of aryl methyl sites for hydroxylation is 1. The van der Waals surface area contributed by atoms with Crippen LogP contribution in [-0.2, 0) is 0 Å². The average Bonchev–Trinajstić information content (AvgIpc) is 2.42. The van der Waals surface area contributed by atoms with E-state index in [1.54, 1.807) is 0 Å². The molecule has 0 spiro atoms. The number of phenolic OH excluding ortho intramolecular Hbond substituents is 2. The van der Waals surface area contributed by atoms with Gasteiger partial charge >= 0.3 is 0 Å². The first kappa shape index (κ1) is 13.9. The molecule has 2 rings (SSSR count). The van der Waals surface area contributed by atoms with Crippen molar-refractivity contribution in [1.82, 2.24) is 5.32 Å². The average molecular weight is 271 g/mol. The summed E-state index contributed by atoms with van der Waals surface area (Å²) >= 11 is 0. The second-order valence-corrected chi connectivity index (χ2v) is 4.76. The van der Waals surface area contributed by atoms with E-state index < -0.39 is 0 Å². The third-order valence-electron chi connectivity index (χ3n) is 3.24. The molecule has 0 saturated heterocycles. The van der Waals surface area contributed by atoms with Crippen molar-refractivity contribution < 1.29 is 15.0 Å². The maximum Gasteiger partial charge on any atom is 0.251 e. The van der Waals surface area contributed by atoms with Crippen molar-refractivity contribution in [1.29, 1.82) is 0 Å². The lowest BCUT2D eigenvalue weighted by Crippen LogP contribution is -2.27. The summed E-state index contributed by atoms with van der Waals surface area (Å²) in [4.78, 5) is 12.1. The second kappa shape index (κ2) is 5.65. The van der Waals surface area contributed by atoms with E-state index in [1.165, 1.54) is 18.2 Å². The van der Waals surface area contributed by atoms with Gasteiger partial charge in [-0.2, -0.15) is 0 Å². The molecule has 3 N–H and O–H groups in total. The quantitative estimate of drug-likeness (QED) is 0.752. The predicted octanol–water partition coefficient (Wildman–Crippen LogP) is 2.90. The molecule has 4 nitrogen and oxygen atoms in total. The Morgan fingerprint density at radius 3 is 2.45 bits per heavy atom. The van der Waals surface area contributed by atoms with Crippen molar-refractivity contribution >= 4 is 5.91 Å². The topological polar surface area (TPSA) is 69.6 Å². The van der Waals surface area contributed by atoms with Gasteiger partial charge in [0.25, 0.3) is 5.91 Å². The first-order valence-corrected chi connectivity index (χ1v) is 6.37. The van der Waals surface area contributed by atoms with E-state index in [2.05, 4.69) is 5.32 Å². The lowest BCUT2D eigenvalue weighted by Gasteiger charge is -2.16. The number of carbonyl (C=O) groups excluding carboxylic acids is 1. The molecular weight excluding hydrogens is 254 g/mol. The van der Waals surface area contributed by atoms with Gasteiger partial charge in [-0.05, 0) is 43.2 Å². The van der Waals surface area contributed by atoms with E-state index in [-0.39, 0.29) is 23.4 Å². The molecule has 20 heavy (non-hydrogen) atoms. The fourth-order valence-electron chi connectivity index (χ4n) is 2.10. The summed E-state index contributed by atoms with van der Waals surface area (Å²) in [5.41, 5.74) is 2.46. The molecule has 0 bridgehead atoms. The van der Waals surface area contributed by atoms with Crippen LogP contribution in [-0.4, -0.2) is 16.1 Å². The maximum absolute atomic E-state index is 12.1. The van der Waals surface area contributed by atoms with E-state index in [4.69, 9.17) is 0 Å². The minimum Gasteiger partial charge on any atom is -0.504 e. The van der Waals surface area contributed by atoms with Gasteiger partial charge in [0.2, 0.25) is 0 Å². The monoisotopic (exact) mass is 271 g/mol. The van der Waals surface area contributed by atoms with E-state index in [0.717, 1.165) is 11.1 Å². The highest BCUT2D eigenvalue weighted by molar-refractivity contribution is 5.95. The summed E-state index contributed by atoms with van der Waals surface area (Å²) in [5.74, 6) is -0.842. The second-order valence-electron chi connectivity index (χ2n) is 4.76. The third kappa shape index (κ3) is 2.91. The molecule has 1 unspecified atom stereocenters. The number of hydrogen-bond acceptors (Lipinski definition) is 3. The number of benzene rings is 2. The Bertz CT molecular complexity index is 637. The number of nitrogens with one attached hydrogen (secondary N) is 1. The van der Waals surface area contributed by atoms with E-state index >= 15 is 0 Å². The normalized spacial score (nSPS) is 11.9. The zero-order chi connectivity index (χ0) is 14.7. The van der Waals surface area contributed by atoms with Crippen LogP contribution in [0.4, 0.5) is 0 Å². The molecule has 0 aliphatic heterocycles. The molecular formula is C16H17NO3. The van der Waals surface area contributed by atoms with Gasteiger partial charge in [-0.1, -0.05) is 24.3 Å². The van der Waals surface area contributed by atoms with Gasteiger partial charge in [0.05, 0.1) is 6.04 Å². The SMILES string of the molecule is Cc1ccccc1C(C)NC(=O)c1ccc(O)c(O)c1. The van der Waals surface area contributed by atoms with Crippen LogP contribution in [0.5, 0.6) is 11.5 Å². The van der Waals surface area contributed by atoms with Crippen LogP contribution in [0.15, 0.2) is 42.5 Å². The van der Waals surface area contributed by atoms with Gasteiger partial charge in [0.15, 0.2) is 11.5 Å². The van der Waals surface area contributed by atoms with Crippen molar-refractivity contribution in [2.75, 3.05) is 0 Å². The van der Waals surface area contributed by atoms with Crippen LogP contribution in [0, 0.1) is 6.92 Å². The van der Waals surface area contributed by atoms with Crippen LogP contribution in [0.1, 0.15) is 34.5 Å². The van der Waals surface area contributed by atoms with Gasteiger partial charge in [0.1, 0.15) is 0 Å². The van der Waals surface area contributed by atoms with Crippen LogP contribution >= 0.6 is 0 Å². The van der Waals surface area contributed by atoms with Crippen molar-refractivity contribution in [3.8, 4) is 11.5 Å². The highest BCUT2D eigenvalue weighted by Gasteiger charge is 2.14. The Labute approximate surface area is 117 Å². The van der Waals surface area contributed by atoms with Gasteiger partial charge in [-0.3, -0.25) is 4.79 Å². The fraction of sp³-hybridized carbons (Fsp3) is 0.188. The lowest BCUT2D eigenvalue weighted by molar-refractivity contribution is 0.0939. The Kier molecular flexibility index (Phi) is 3.94. The van der Waals surface area contributed by atoms with Gasteiger partial charge in [-0.15, -0.1) is 0 Å². The van der Waals surface area contributed by atoms with Crippen LogP contribution in [0.3, 0.4) is 0 Å². The Morgan fingerprint density at radius 2 is 1.80 bits per heavy atom. The summed E-state index contributed by atoms with van der Waals surface area (Å²) < 4.78 is 0. The van der Waals surface area contributed by atoms with Gasteiger partial charge < -0.3 is 15.5 Å². The smallest absolute Gasteiger partial charge is 0.251 e. The Hall–Kier alpha value is -2.49. The lowest BCUT2D eigenvalue weighted by atomic mass is 10.0. The molecule has 0 fully saturated rings. The number of carbonyl (C=O) groups is 1. The minimum absolute atomic E-state index is 0.139. The molecule has 0 saturated carbocycles. The molecule has 4 heteroatoms. The summed E-state index contributed by atoms with van der Waals surface area (Å²) in [6.45, 7) is 3.89. The maximum atomic E-state index is 12.1. The summed E-state index contributed by atoms with van der Waals surface area (Å²) in [6.07, 6.45) is 0. The molecule has 0 aromatic heterocycles. The molecule has 0 aliphatic carbocycles. The molecule has 2 aromatic rings. The number of amides is 1. The molecule has 1 atom stereocenters. The van der Waals surface area contributed by atoms with E-state index in [9.17, 15) is 15.0 Å². The van der Waals surface area contributed by atoms with Crippen LogP contribution in [0.2, 0.25) is 0 Å². The Morgan fingerprint density at radius 1 is 1.10 bits per heavy atom. The fourth-order valence-corrected chi connectivity index (χ4v) is 2.10. The molecule has 0 radical (unpaired) electrons. The number of aromatic hydroxyl groups is 2. The first-order chi connectivity index (χ1) is 9.49. The molecule has 1 amide bonds. The summed E-state index contributed by atoms with van der Waals surface area (Å²) in [7, 11) is 0. The van der Waals surface area contributed by atoms with Gasteiger partial charge in [0, 0.05) is 5.56 Å². The largest absolute Gasteiger partial charge is 0.504 e. The first-order valence-electron chi connectivity index (χ1n) is 6.37. The van der Waals surface area contributed by atoms with Crippen LogP contribution in [0.25, 0.3) is 0 Å². The van der Waals surface area contributed by atoms with Crippen molar-refractivity contribution in [2.45, 2.75) is 19.9 Å². The highest BCUT2D eigenvalue weighted by atomic mass is 16.3. The molecule has 0 aliphatic rings. The number of phenols is 2. The van der Waals surface area contributed by atoms with Crippen molar-refractivity contribution in [3.63, 3.8) is 0 Å². The molecule has 104 valence electrons. The minimum atomic E-state index is -0.304. The van der Waals surface area contributed by atoms with Crippen molar-refractivity contribution in [2.24, 2.45) is 0 Å². The summed E-state index contributed by atoms with van der Waals surface area (Å²) in [6, 6.07) is 11.7. The summed E-state index contributed by atoms with van der Waals surface area (Å²) in [5, 5.41) is 21.5. The highest BCUT2D eigenvalue weighted by Crippen LogP contribution is 2.25. The zero-order valence-electron chi connectivity index (χ0n) is 11.4. The third-order valence-corrected chi connectivity index (χ3v) is 3.24. The molecule has 2 aromatic carbocycles. The van der Waals surface area contributed by atoms with Crippen LogP contribution < -0.4 is 5.32 Å². The predicted molar refractivity (Wildman–Crippen MR) is 76.8 cm³/mol. The zero-order valence-corrected chi connectivity index (χ0v) is 11.4. The van der Waals surface area contributed by atoms with E-state index in [0.29, 0.717) is 5.56 Å². The van der Waals surface area contributed by atoms with E-state index in [1.807, 2.05) is 38.1 Å². The Balaban J connectivity index is 2.15. The number of rotatable bonds is 3.